The summed E-state index contributed by atoms with van der Waals surface area (Å²) in [4.78, 5) is 21.7. The van der Waals surface area contributed by atoms with Gasteiger partial charge in [0.2, 0.25) is 0 Å². The van der Waals surface area contributed by atoms with Gasteiger partial charge in [-0.05, 0) is 39.7 Å². The van der Waals surface area contributed by atoms with Crippen LogP contribution in [0.3, 0.4) is 0 Å². The van der Waals surface area contributed by atoms with Crippen LogP contribution in [-0.4, -0.2) is 34.7 Å². The molecule has 1 aromatic carbocycles. The van der Waals surface area contributed by atoms with E-state index in [1.807, 2.05) is 0 Å². The van der Waals surface area contributed by atoms with Gasteiger partial charge >= 0.3 is 0 Å². The molecule has 0 saturated heterocycles. The summed E-state index contributed by atoms with van der Waals surface area (Å²) in [5, 5.41) is 5.64. The molecule has 10 heteroatoms. The number of rotatable bonds is 10. The lowest BCUT2D eigenvalue weighted by molar-refractivity contribution is 0.0923. The maximum absolute atomic E-state index is 14.7. The Morgan fingerprint density at radius 1 is 1.27 bits per heavy atom. The van der Waals surface area contributed by atoms with Gasteiger partial charge in [-0.25, -0.2) is 27.5 Å². The van der Waals surface area contributed by atoms with E-state index in [1.54, 1.807) is 20.8 Å². The highest BCUT2D eigenvalue weighted by Crippen LogP contribution is 2.37. The Labute approximate surface area is 189 Å². The standard InChI is InChI=1S/C23H26F4N4O2/c1-4-33-11-8-17-18(22(32)31-23(12-24)9-10-23)21(30-14(3)29-17)28-13(2)15-6-5-7-16(19(15)25)20(26)27/h5-8,11,13,20H,4,9-10,12H2,1-3H3,(H,31,32)(H,28,29,30)/b11-8+/t13-/m1/s1. The maximum atomic E-state index is 14.7. The van der Waals surface area contributed by atoms with Crippen molar-refractivity contribution in [2.45, 2.75) is 51.6 Å². The number of nitrogens with one attached hydrogen (secondary N) is 2. The van der Waals surface area contributed by atoms with E-state index in [4.69, 9.17) is 4.74 Å². The molecule has 0 aliphatic heterocycles. The van der Waals surface area contributed by atoms with Crippen molar-refractivity contribution in [2.24, 2.45) is 0 Å². The normalized spacial score (nSPS) is 15.5. The van der Waals surface area contributed by atoms with E-state index in [2.05, 4.69) is 20.6 Å². The van der Waals surface area contributed by atoms with Gasteiger partial charge in [0.1, 0.15) is 29.7 Å². The second-order valence-electron chi connectivity index (χ2n) is 7.92. The number of ether oxygens (including phenoxy) is 1. The first-order valence-electron chi connectivity index (χ1n) is 10.6. The van der Waals surface area contributed by atoms with Crippen molar-refractivity contribution in [3.8, 4) is 0 Å². The van der Waals surface area contributed by atoms with E-state index in [-0.39, 0.29) is 22.6 Å². The summed E-state index contributed by atoms with van der Waals surface area (Å²) in [7, 11) is 0. The predicted molar refractivity (Wildman–Crippen MR) is 116 cm³/mol. The van der Waals surface area contributed by atoms with Crippen LogP contribution in [0.4, 0.5) is 23.4 Å². The molecule has 1 saturated carbocycles. The second-order valence-corrected chi connectivity index (χ2v) is 7.92. The Morgan fingerprint density at radius 3 is 2.58 bits per heavy atom. The first-order valence-corrected chi connectivity index (χ1v) is 10.6. The second kappa shape index (κ2) is 10.2. The summed E-state index contributed by atoms with van der Waals surface area (Å²) in [5.74, 6) is -1.25. The summed E-state index contributed by atoms with van der Waals surface area (Å²) in [5.41, 5.74) is -1.39. The minimum Gasteiger partial charge on any atom is -0.501 e. The molecular formula is C23H26F4N4O2. The van der Waals surface area contributed by atoms with Crippen LogP contribution in [0.15, 0.2) is 24.5 Å². The molecule has 0 bridgehead atoms. The third-order valence-corrected chi connectivity index (χ3v) is 5.37. The summed E-state index contributed by atoms with van der Waals surface area (Å²) >= 11 is 0. The molecule has 2 N–H and O–H groups in total. The molecule has 0 unspecified atom stereocenters. The molecule has 1 atom stereocenters. The average molecular weight is 466 g/mol. The van der Waals surface area contributed by atoms with Crippen LogP contribution < -0.4 is 10.6 Å². The van der Waals surface area contributed by atoms with Crippen LogP contribution in [-0.2, 0) is 4.74 Å². The lowest BCUT2D eigenvalue weighted by atomic mass is 10.0. The first-order chi connectivity index (χ1) is 15.7. The van der Waals surface area contributed by atoms with Gasteiger partial charge < -0.3 is 15.4 Å². The zero-order valence-corrected chi connectivity index (χ0v) is 18.6. The van der Waals surface area contributed by atoms with Crippen LogP contribution in [0, 0.1) is 12.7 Å². The van der Waals surface area contributed by atoms with Gasteiger partial charge in [-0.15, -0.1) is 0 Å². The van der Waals surface area contributed by atoms with Crippen molar-refractivity contribution in [3.63, 3.8) is 0 Å². The Balaban J connectivity index is 2.01. The van der Waals surface area contributed by atoms with Crippen molar-refractivity contribution in [1.29, 1.82) is 0 Å². The number of carbonyl (C=O) groups excluding carboxylic acids is 1. The van der Waals surface area contributed by atoms with Gasteiger partial charge in [-0.3, -0.25) is 4.79 Å². The fourth-order valence-electron chi connectivity index (χ4n) is 3.35. The van der Waals surface area contributed by atoms with E-state index in [1.165, 1.54) is 24.5 Å². The minimum absolute atomic E-state index is 0.00995. The maximum Gasteiger partial charge on any atom is 0.266 e. The van der Waals surface area contributed by atoms with Gasteiger partial charge in [0, 0.05) is 5.56 Å². The molecule has 1 fully saturated rings. The molecule has 1 amide bonds. The molecule has 1 aliphatic rings. The molecule has 0 spiro atoms. The number of hydrogen-bond acceptors (Lipinski definition) is 5. The number of benzene rings is 1. The Kier molecular flexibility index (Phi) is 7.55. The summed E-state index contributed by atoms with van der Waals surface area (Å²) < 4.78 is 59.6. The number of hydrogen-bond donors (Lipinski definition) is 2. The first kappa shape index (κ1) is 24.5. The van der Waals surface area contributed by atoms with Gasteiger partial charge in [-0.2, -0.15) is 0 Å². The molecule has 1 aliphatic carbocycles. The highest BCUT2D eigenvalue weighted by molar-refractivity contribution is 6.02. The highest BCUT2D eigenvalue weighted by atomic mass is 19.3. The van der Waals surface area contributed by atoms with Crippen LogP contribution in [0.2, 0.25) is 0 Å². The van der Waals surface area contributed by atoms with Crippen LogP contribution in [0.25, 0.3) is 6.08 Å². The van der Waals surface area contributed by atoms with E-state index >= 15 is 0 Å². The van der Waals surface area contributed by atoms with Crippen LogP contribution in [0.5, 0.6) is 0 Å². The lowest BCUT2D eigenvalue weighted by Gasteiger charge is -2.21. The van der Waals surface area contributed by atoms with Crippen molar-refractivity contribution in [2.75, 3.05) is 18.6 Å². The van der Waals surface area contributed by atoms with Gasteiger partial charge in [0.25, 0.3) is 12.3 Å². The number of nitrogens with zero attached hydrogens (tertiary/aromatic N) is 2. The number of aromatic nitrogens is 2. The van der Waals surface area contributed by atoms with Gasteiger partial charge in [0.05, 0.1) is 35.7 Å². The molecule has 178 valence electrons. The number of aryl methyl sites for hydroxylation is 1. The number of alkyl halides is 3. The largest absolute Gasteiger partial charge is 0.501 e. The smallest absolute Gasteiger partial charge is 0.266 e. The number of amides is 1. The molecule has 3 rings (SSSR count). The Morgan fingerprint density at radius 2 is 1.97 bits per heavy atom. The molecule has 6 nitrogen and oxygen atoms in total. The van der Waals surface area contributed by atoms with Crippen molar-refractivity contribution in [1.82, 2.24) is 15.3 Å². The highest BCUT2D eigenvalue weighted by Gasteiger charge is 2.45. The Hall–Kier alpha value is -3.17. The number of anilines is 1. The Bertz CT molecular complexity index is 1040. The fraction of sp³-hybridized carbons (Fsp3) is 0.435. The predicted octanol–water partition coefficient (Wildman–Crippen LogP) is 5.27. The van der Waals surface area contributed by atoms with Crippen molar-refractivity contribution >= 4 is 17.8 Å². The average Bonchev–Trinajstić information content (AvgIpc) is 3.53. The third kappa shape index (κ3) is 5.61. The van der Waals surface area contributed by atoms with Crippen molar-refractivity contribution < 1.29 is 27.1 Å². The van der Waals surface area contributed by atoms with E-state index in [9.17, 15) is 22.4 Å². The quantitative estimate of drug-likeness (QED) is 0.368. The van der Waals surface area contributed by atoms with E-state index in [0.29, 0.717) is 25.3 Å². The van der Waals surface area contributed by atoms with E-state index < -0.39 is 42.0 Å². The molecule has 2 aromatic rings. The summed E-state index contributed by atoms with van der Waals surface area (Å²) in [6.07, 6.45) is 0.911. The monoisotopic (exact) mass is 466 g/mol. The SMILES string of the molecule is CCO/C=C/c1nc(C)nc(N[C@H](C)c2cccc(C(F)F)c2F)c1C(=O)NC1(CF)CC1. The topological polar surface area (TPSA) is 76.1 Å². The van der Waals surface area contributed by atoms with Crippen molar-refractivity contribution in [3.05, 3.63) is 58.5 Å². The van der Waals surface area contributed by atoms with Crippen LogP contribution in [0.1, 0.15) is 72.2 Å². The van der Waals surface area contributed by atoms with Gasteiger partial charge in [0.15, 0.2) is 0 Å². The van der Waals surface area contributed by atoms with Gasteiger partial charge in [-0.1, -0.05) is 18.2 Å². The third-order valence-electron chi connectivity index (χ3n) is 5.37. The molecule has 1 aromatic heterocycles. The zero-order chi connectivity index (χ0) is 24.2. The van der Waals surface area contributed by atoms with E-state index in [0.717, 1.165) is 6.07 Å². The minimum atomic E-state index is -2.97. The van der Waals surface area contributed by atoms with Crippen LogP contribution >= 0.6 is 0 Å². The number of carbonyl (C=O) groups is 1. The number of halogens is 4. The lowest BCUT2D eigenvalue weighted by Crippen LogP contribution is -2.39. The molecular weight excluding hydrogens is 440 g/mol. The zero-order valence-electron chi connectivity index (χ0n) is 18.6. The molecule has 0 radical (unpaired) electrons. The molecule has 1 heterocycles. The summed E-state index contributed by atoms with van der Waals surface area (Å²) in [6.45, 7) is 4.65. The molecule has 33 heavy (non-hydrogen) atoms. The fourth-order valence-corrected chi connectivity index (χ4v) is 3.35. The summed E-state index contributed by atoms with van der Waals surface area (Å²) in [6, 6.07) is 2.92.